The molecule has 0 saturated heterocycles. The van der Waals surface area contributed by atoms with E-state index in [1.165, 1.54) is 5.56 Å². The van der Waals surface area contributed by atoms with Crippen molar-refractivity contribution in [1.29, 1.82) is 0 Å². The van der Waals surface area contributed by atoms with Gasteiger partial charge in [0.2, 0.25) is 5.91 Å². The van der Waals surface area contributed by atoms with Crippen molar-refractivity contribution in [3.63, 3.8) is 0 Å². The molecule has 23 heavy (non-hydrogen) atoms. The average molecular weight is 379 g/mol. The van der Waals surface area contributed by atoms with Crippen LogP contribution in [0.1, 0.15) is 28.6 Å². The van der Waals surface area contributed by atoms with Gasteiger partial charge in [-0.3, -0.25) is 9.59 Å². The third-order valence-electron chi connectivity index (χ3n) is 3.47. The Hall–Kier alpha value is -2.08. The van der Waals surface area contributed by atoms with E-state index in [1.807, 2.05) is 12.1 Å². The molecule has 1 aromatic carbocycles. The summed E-state index contributed by atoms with van der Waals surface area (Å²) < 4.78 is 5.61. The van der Waals surface area contributed by atoms with E-state index in [0.717, 1.165) is 12.0 Å². The number of rotatable bonds is 6. The Morgan fingerprint density at radius 2 is 1.78 bits per heavy atom. The number of hydrogen-bond donors (Lipinski definition) is 1. The lowest BCUT2D eigenvalue weighted by Gasteiger charge is -2.17. The second kappa shape index (κ2) is 7.97. The van der Waals surface area contributed by atoms with E-state index < -0.39 is 5.91 Å². The van der Waals surface area contributed by atoms with E-state index in [-0.39, 0.29) is 18.2 Å². The van der Waals surface area contributed by atoms with Gasteiger partial charge in [-0.2, -0.15) is 0 Å². The molecule has 0 aliphatic rings. The van der Waals surface area contributed by atoms with E-state index in [0.29, 0.717) is 11.2 Å². The number of benzene rings is 1. The molecule has 1 heterocycles. The molecule has 0 aliphatic heterocycles. The van der Waals surface area contributed by atoms with Crippen LogP contribution in [0.15, 0.2) is 45.5 Å². The van der Waals surface area contributed by atoms with Crippen molar-refractivity contribution in [3.05, 3.63) is 58.0 Å². The van der Waals surface area contributed by atoms with Crippen molar-refractivity contribution in [2.24, 2.45) is 0 Å². The second-order valence-corrected chi connectivity index (χ2v) is 5.99. The normalized spacial score (nSPS) is 10.4. The van der Waals surface area contributed by atoms with E-state index in [9.17, 15) is 9.59 Å². The van der Waals surface area contributed by atoms with Gasteiger partial charge in [0.15, 0.2) is 10.4 Å². The molecule has 1 aromatic heterocycles. The van der Waals surface area contributed by atoms with Crippen LogP contribution in [0.3, 0.4) is 0 Å². The molecule has 6 heteroatoms. The van der Waals surface area contributed by atoms with Crippen LogP contribution in [0, 0.1) is 0 Å². The zero-order valence-corrected chi connectivity index (χ0v) is 14.7. The molecule has 2 rings (SSSR count). The summed E-state index contributed by atoms with van der Waals surface area (Å²) in [6.45, 7) is 2.54. The maximum Gasteiger partial charge on any atom is 0.287 e. The number of likely N-dealkylation sites (N-methyl/N-ethyl adjacent to an activating group) is 1. The van der Waals surface area contributed by atoms with Crippen LogP contribution in [-0.4, -0.2) is 30.3 Å². The Labute approximate surface area is 143 Å². The number of halogens is 1. The molecular weight excluding hydrogens is 360 g/mol. The van der Waals surface area contributed by atoms with Gasteiger partial charge < -0.3 is 14.6 Å². The molecule has 5 nitrogen and oxygen atoms in total. The standard InChI is InChI=1S/C17H19BrN2O3/c1-3-12-4-6-13(7-5-12)11-20(2)16(21)10-19-17(22)14-8-9-15(18)23-14/h4-9H,3,10-11H2,1-2H3,(H,19,22). The summed E-state index contributed by atoms with van der Waals surface area (Å²) in [5.74, 6) is -0.407. The molecule has 2 amide bonds. The van der Waals surface area contributed by atoms with Crippen molar-refractivity contribution in [1.82, 2.24) is 10.2 Å². The summed E-state index contributed by atoms with van der Waals surface area (Å²) in [4.78, 5) is 25.5. The summed E-state index contributed by atoms with van der Waals surface area (Å²) >= 11 is 3.13. The molecule has 122 valence electrons. The summed E-state index contributed by atoms with van der Waals surface area (Å²) in [6.07, 6.45) is 0.990. The van der Waals surface area contributed by atoms with E-state index in [4.69, 9.17) is 4.42 Å². The molecule has 0 radical (unpaired) electrons. The lowest BCUT2D eigenvalue weighted by Crippen LogP contribution is -2.37. The monoisotopic (exact) mass is 378 g/mol. The molecule has 0 atom stereocenters. The summed E-state index contributed by atoms with van der Waals surface area (Å²) in [7, 11) is 1.71. The second-order valence-electron chi connectivity index (χ2n) is 5.21. The van der Waals surface area contributed by atoms with Gasteiger partial charge in [0.25, 0.3) is 5.91 Å². The van der Waals surface area contributed by atoms with Gasteiger partial charge in [0, 0.05) is 13.6 Å². The smallest absolute Gasteiger partial charge is 0.287 e. The quantitative estimate of drug-likeness (QED) is 0.840. The fraction of sp³-hybridized carbons (Fsp3) is 0.294. The minimum Gasteiger partial charge on any atom is -0.444 e. The maximum atomic E-state index is 12.1. The van der Waals surface area contributed by atoms with Crippen LogP contribution in [0.4, 0.5) is 0 Å². The van der Waals surface area contributed by atoms with Gasteiger partial charge in [-0.15, -0.1) is 0 Å². The lowest BCUT2D eigenvalue weighted by atomic mass is 10.1. The van der Waals surface area contributed by atoms with E-state index in [2.05, 4.69) is 40.3 Å². The molecule has 0 fully saturated rings. The first-order valence-electron chi connectivity index (χ1n) is 7.35. The molecular formula is C17H19BrN2O3. The van der Waals surface area contributed by atoms with Gasteiger partial charge in [0.05, 0.1) is 6.54 Å². The van der Waals surface area contributed by atoms with Gasteiger partial charge >= 0.3 is 0 Å². The van der Waals surface area contributed by atoms with Crippen LogP contribution in [0.2, 0.25) is 0 Å². The molecule has 2 aromatic rings. The lowest BCUT2D eigenvalue weighted by molar-refractivity contribution is -0.129. The summed E-state index contributed by atoms with van der Waals surface area (Å²) in [6, 6.07) is 11.3. The Morgan fingerprint density at radius 3 is 2.35 bits per heavy atom. The van der Waals surface area contributed by atoms with Crippen molar-refractivity contribution in [2.75, 3.05) is 13.6 Å². The highest BCUT2D eigenvalue weighted by Gasteiger charge is 2.14. The number of amides is 2. The zero-order valence-electron chi connectivity index (χ0n) is 13.1. The maximum absolute atomic E-state index is 12.1. The summed E-state index contributed by atoms with van der Waals surface area (Å²) in [5.41, 5.74) is 2.32. The molecule has 0 saturated carbocycles. The molecule has 0 spiro atoms. The van der Waals surface area contributed by atoms with Crippen LogP contribution in [0.25, 0.3) is 0 Å². The predicted molar refractivity (Wildman–Crippen MR) is 91.0 cm³/mol. The van der Waals surface area contributed by atoms with Gasteiger partial charge in [-0.05, 0) is 45.6 Å². The highest BCUT2D eigenvalue weighted by atomic mass is 79.9. The third kappa shape index (κ3) is 4.96. The Kier molecular flexibility index (Phi) is 5.98. The third-order valence-corrected chi connectivity index (χ3v) is 3.90. The van der Waals surface area contributed by atoms with Crippen molar-refractivity contribution in [2.45, 2.75) is 19.9 Å². The van der Waals surface area contributed by atoms with Gasteiger partial charge in [0.1, 0.15) is 0 Å². The summed E-state index contributed by atoms with van der Waals surface area (Å²) in [5, 5.41) is 2.55. The minimum atomic E-state index is -0.412. The minimum absolute atomic E-state index is 0.0688. The number of nitrogens with zero attached hydrogens (tertiary/aromatic N) is 1. The highest BCUT2D eigenvalue weighted by molar-refractivity contribution is 9.10. The van der Waals surface area contributed by atoms with Crippen LogP contribution in [-0.2, 0) is 17.8 Å². The number of carbonyl (C=O) groups excluding carboxylic acids is 2. The predicted octanol–water partition coefficient (Wildman–Crippen LogP) is 2.99. The van der Waals surface area contributed by atoms with Crippen molar-refractivity contribution in [3.8, 4) is 0 Å². The van der Waals surface area contributed by atoms with Gasteiger partial charge in [-0.25, -0.2) is 0 Å². The zero-order chi connectivity index (χ0) is 16.8. The molecule has 1 N–H and O–H groups in total. The molecule has 0 unspecified atom stereocenters. The van der Waals surface area contributed by atoms with Crippen molar-refractivity contribution < 1.29 is 14.0 Å². The fourth-order valence-corrected chi connectivity index (χ4v) is 2.36. The largest absolute Gasteiger partial charge is 0.444 e. The molecule has 0 aliphatic carbocycles. The number of aryl methyl sites for hydroxylation is 1. The highest BCUT2D eigenvalue weighted by Crippen LogP contribution is 2.13. The first-order chi connectivity index (χ1) is 11.0. The Morgan fingerprint density at radius 1 is 1.13 bits per heavy atom. The SMILES string of the molecule is CCc1ccc(CN(C)C(=O)CNC(=O)c2ccc(Br)o2)cc1. The Balaban J connectivity index is 1.83. The van der Waals surface area contributed by atoms with E-state index >= 15 is 0 Å². The van der Waals surface area contributed by atoms with Crippen LogP contribution < -0.4 is 5.32 Å². The average Bonchev–Trinajstić information content (AvgIpc) is 2.99. The number of carbonyl (C=O) groups is 2. The van der Waals surface area contributed by atoms with Crippen molar-refractivity contribution >= 4 is 27.7 Å². The Bertz CT molecular complexity index is 679. The van der Waals surface area contributed by atoms with Gasteiger partial charge in [-0.1, -0.05) is 31.2 Å². The van der Waals surface area contributed by atoms with Crippen LogP contribution in [0.5, 0.6) is 0 Å². The first kappa shape index (κ1) is 17.3. The topological polar surface area (TPSA) is 62.6 Å². The first-order valence-corrected chi connectivity index (χ1v) is 8.14. The van der Waals surface area contributed by atoms with E-state index in [1.54, 1.807) is 24.1 Å². The number of hydrogen-bond acceptors (Lipinski definition) is 3. The van der Waals surface area contributed by atoms with Crippen LogP contribution >= 0.6 is 15.9 Å². The number of furan rings is 1. The fourth-order valence-electron chi connectivity index (χ4n) is 2.06. The molecule has 0 bridgehead atoms. The number of nitrogens with one attached hydrogen (secondary N) is 1.